The van der Waals surface area contributed by atoms with E-state index in [0.717, 1.165) is 34.4 Å². The van der Waals surface area contributed by atoms with Crippen LogP contribution in [0.3, 0.4) is 0 Å². The Morgan fingerprint density at radius 2 is 2.12 bits per heavy atom. The number of aliphatic hydroxyl groups excluding tert-OH is 1. The molecule has 0 aliphatic carbocycles. The van der Waals surface area contributed by atoms with Crippen LogP contribution in [0.1, 0.15) is 25.2 Å². The number of nitrogens with one attached hydrogen (secondary N) is 1. The smallest absolute Gasteiger partial charge is 0.133 e. The summed E-state index contributed by atoms with van der Waals surface area (Å²) in [5.74, 6) is 2.92. The molecular formula is C12H21N3OS. The van der Waals surface area contributed by atoms with Crippen molar-refractivity contribution in [3.8, 4) is 0 Å². The third-order valence-electron chi connectivity index (χ3n) is 2.52. The Kier molecular flexibility index (Phi) is 5.71. The molecule has 5 heteroatoms. The maximum atomic E-state index is 9.03. The maximum Gasteiger partial charge on any atom is 0.133 e. The van der Waals surface area contributed by atoms with E-state index >= 15 is 0 Å². The summed E-state index contributed by atoms with van der Waals surface area (Å²) >= 11 is 1.69. The van der Waals surface area contributed by atoms with E-state index in [2.05, 4.69) is 22.2 Å². The van der Waals surface area contributed by atoms with Crippen molar-refractivity contribution in [3.05, 3.63) is 11.4 Å². The molecule has 0 fully saturated rings. The van der Waals surface area contributed by atoms with Crippen molar-refractivity contribution in [1.29, 1.82) is 0 Å². The highest BCUT2D eigenvalue weighted by molar-refractivity contribution is 7.99. The number of aromatic nitrogens is 2. The van der Waals surface area contributed by atoms with Gasteiger partial charge in [0.05, 0.1) is 0 Å². The zero-order chi connectivity index (χ0) is 12.8. The van der Waals surface area contributed by atoms with Gasteiger partial charge in [-0.3, -0.25) is 0 Å². The van der Waals surface area contributed by atoms with Gasteiger partial charge in [0.15, 0.2) is 0 Å². The van der Waals surface area contributed by atoms with Gasteiger partial charge in [-0.25, -0.2) is 9.97 Å². The van der Waals surface area contributed by atoms with Crippen molar-refractivity contribution >= 4 is 17.6 Å². The van der Waals surface area contributed by atoms with Crippen molar-refractivity contribution in [1.82, 2.24) is 9.97 Å². The van der Waals surface area contributed by atoms with E-state index in [0.29, 0.717) is 0 Å². The van der Waals surface area contributed by atoms with Crippen LogP contribution in [0, 0.1) is 12.8 Å². The van der Waals surface area contributed by atoms with E-state index in [1.165, 1.54) is 0 Å². The summed E-state index contributed by atoms with van der Waals surface area (Å²) in [6.45, 7) is 6.33. The predicted molar refractivity (Wildman–Crippen MR) is 72.7 cm³/mol. The van der Waals surface area contributed by atoms with Crippen LogP contribution in [-0.2, 0) is 6.42 Å². The average molecular weight is 255 g/mol. The molecule has 0 aliphatic heterocycles. The molecule has 0 saturated carbocycles. The van der Waals surface area contributed by atoms with Gasteiger partial charge in [-0.2, -0.15) is 0 Å². The fourth-order valence-corrected chi connectivity index (χ4v) is 2.39. The van der Waals surface area contributed by atoms with Gasteiger partial charge in [0.2, 0.25) is 0 Å². The second kappa shape index (κ2) is 6.81. The third-order valence-corrected chi connectivity index (χ3v) is 3.92. The van der Waals surface area contributed by atoms with Gasteiger partial charge in [0.25, 0.3) is 0 Å². The number of rotatable bonds is 6. The molecule has 4 nitrogen and oxygen atoms in total. The number of hydrogen-bond acceptors (Lipinski definition) is 5. The average Bonchev–Trinajstić information content (AvgIpc) is 2.37. The highest BCUT2D eigenvalue weighted by atomic mass is 32.2. The molecule has 1 rings (SSSR count). The van der Waals surface area contributed by atoms with Crippen LogP contribution in [0.15, 0.2) is 5.03 Å². The van der Waals surface area contributed by atoms with E-state index < -0.39 is 0 Å². The molecule has 1 aromatic rings. The first-order valence-electron chi connectivity index (χ1n) is 5.91. The number of aryl methyl sites for hydroxylation is 1. The number of thioether (sulfide) groups is 1. The van der Waals surface area contributed by atoms with Crippen LogP contribution in [0.2, 0.25) is 0 Å². The van der Waals surface area contributed by atoms with Crippen LogP contribution >= 0.6 is 11.8 Å². The van der Waals surface area contributed by atoms with E-state index in [9.17, 15) is 0 Å². The normalized spacial score (nSPS) is 12.5. The molecular weight excluding hydrogens is 234 g/mol. The highest BCUT2D eigenvalue weighted by Crippen LogP contribution is 2.26. The van der Waals surface area contributed by atoms with Crippen LogP contribution < -0.4 is 5.32 Å². The summed E-state index contributed by atoms with van der Waals surface area (Å²) in [5, 5.41) is 13.1. The summed E-state index contributed by atoms with van der Waals surface area (Å²) in [7, 11) is 1.87. The van der Waals surface area contributed by atoms with Gasteiger partial charge in [-0.15, -0.1) is 11.8 Å². The maximum absolute atomic E-state index is 9.03. The minimum atomic E-state index is 0.219. The minimum absolute atomic E-state index is 0.219. The summed E-state index contributed by atoms with van der Waals surface area (Å²) in [4.78, 5) is 8.97. The molecule has 0 amide bonds. The van der Waals surface area contributed by atoms with E-state index in [1.54, 1.807) is 11.8 Å². The molecule has 0 spiro atoms. The van der Waals surface area contributed by atoms with Crippen LogP contribution in [-0.4, -0.2) is 34.5 Å². The lowest BCUT2D eigenvalue weighted by Crippen LogP contribution is -2.07. The Labute approximate surface area is 107 Å². The summed E-state index contributed by atoms with van der Waals surface area (Å²) < 4.78 is 0. The molecule has 0 radical (unpaired) electrons. The molecule has 1 aromatic heterocycles. The number of hydrogen-bond donors (Lipinski definition) is 2. The van der Waals surface area contributed by atoms with Gasteiger partial charge >= 0.3 is 0 Å². The van der Waals surface area contributed by atoms with Gasteiger partial charge in [0.1, 0.15) is 16.7 Å². The van der Waals surface area contributed by atoms with Gasteiger partial charge in [-0.1, -0.05) is 13.8 Å². The zero-order valence-electron chi connectivity index (χ0n) is 10.9. The van der Waals surface area contributed by atoms with Crippen LogP contribution in [0.4, 0.5) is 5.82 Å². The molecule has 0 aliphatic rings. The molecule has 1 heterocycles. The summed E-state index contributed by atoms with van der Waals surface area (Å²) in [6, 6.07) is 0. The van der Waals surface area contributed by atoms with E-state index in [1.807, 2.05) is 20.9 Å². The van der Waals surface area contributed by atoms with Crippen LogP contribution in [0.25, 0.3) is 0 Å². The Hall–Kier alpha value is -0.810. The number of anilines is 1. The molecule has 2 N–H and O–H groups in total. The Bertz CT molecular complexity index is 371. The Balaban J connectivity index is 2.89. The van der Waals surface area contributed by atoms with Gasteiger partial charge < -0.3 is 10.4 Å². The van der Waals surface area contributed by atoms with Gasteiger partial charge in [-0.05, 0) is 12.8 Å². The van der Waals surface area contributed by atoms with E-state index in [4.69, 9.17) is 5.11 Å². The van der Waals surface area contributed by atoms with Crippen molar-refractivity contribution in [3.63, 3.8) is 0 Å². The molecule has 96 valence electrons. The molecule has 1 atom stereocenters. The second-order valence-corrected chi connectivity index (χ2v) is 5.13. The van der Waals surface area contributed by atoms with Crippen LogP contribution in [0.5, 0.6) is 0 Å². The Morgan fingerprint density at radius 1 is 1.41 bits per heavy atom. The largest absolute Gasteiger partial charge is 0.396 e. The van der Waals surface area contributed by atoms with Crippen molar-refractivity contribution in [2.75, 3.05) is 24.7 Å². The summed E-state index contributed by atoms with van der Waals surface area (Å²) in [6.07, 6.45) is 0.831. The number of nitrogens with zero attached hydrogens (tertiary/aromatic N) is 2. The fraction of sp³-hybridized carbons (Fsp3) is 0.667. The number of aliphatic hydroxyl groups is 1. The lowest BCUT2D eigenvalue weighted by Gasteiger charge is -2.12. The lowest BCUT2D eigenvalue weighted by atomic mass is 10.2. The second-order valence-electron chi connectivity index (χ2n) is 4.12. The molecule has 1 unspecified atom stereocenters. The van der Waals surface area contributed by atoms with Crippen molar-refractivity contribution in [2.24, 2.45) is 5.92 Å². The monoisotopic (exact) mass is 255 g/mol. The lowest BCUT2D eigenvalue weighted by molar-refractivity contribution is 0.250. The standard InChI is InChI=1S/C12H21N3OS/c1-5-10-14-11(13-4)9(3)12(15-10)17-7-8(2)6-16/h8,16H,5-7H2,1-4H3,(H,13,14,15). The molecule has 17 heavy (non-hydrogen) atoms. The SMILES string of the molecule is CCc1nc(NC)c(C)c(SCC(C)CO)n1. The first-order valence-corrected chi connectivity index (χ1v) is 6.89. The summed E-state index contributed by atoms with van der Waals surface area (Å²) in [5.41, 5.74) is 1.08. The van der Waals surface area contributed by atoms with Crippen molar-refractivity contribution < 1.29 is 5.11 Å². The third kappa shape index (κ3) is 3.85. The molecule has 0 bridgehead atoms. The molecule has 0 saturated heterocycles. The first kappa shape index (κ1) is 14.3. The van der Waals surface area contributed by atoms with E-state index in [-0.39, 0.29) is 12.5 Å². The van der Waals surface area contributed by atoms with Gasteiger partial charge in [0, 0.05) is 31.4 Å². The predicted octanol–water partition coefficient (Wildman–Crippen LogP) is 2.11. The fourth-order valence-electron chi connectivity index (χ4n) is 1.36. The van der Waals surface area contributed by atoms with Crippen molar-refractivity contribution in [2.45, 2.75) is 32.2 Å². The first-order chi connectivity index (χ1) is 8.12. The highest BCUT2D eigenvalue weighted by Gasteiger charge is 2.11. The topological polar surface area (TPSA) is 58.0 Å². The Morgan fingerprint density at radius 3 is 2.65 bits per heavy atom. The zero-order valence-corrected chi connectivity index (χ0v) is 11.8. The quantitative estimate of drug-likeness (QED) is 0.602. The molecule has 0 aromatic carbocycles. The minimum Gasteiger partial charge on any atom is -0.396 e.